The van der Waals surface area contributed by atoms with Gasteiger partial charge in [-0.15, -0.1) is 0 Å². The standard InChI is InChI=1S/C48H20N14/c49-19-26-13-27(20-50)16-32(15-26)39(33-17-28(21-51)14-29(18-33)22-52)48-61-44-35(2-1-31(23-53)40(44)42-46(61)58-12-11-57-42)36-4-3-34(30-5-7-54-8-6-30)41-43-47(62(48)45(36)41)59-25-38(60-43)37-24-55-9-10-56-37/h1-18,24-25H. The van der Waals surface area contributed by atoms with Crippen LogP contribution in [0.25, 0.3) is 83.0 Å². The van der Waals surface area contributed by atoms with Gasteiger partial charge in [0.05, 0.1) is 81.6 Å². The van der Waals surface area contributed by atoms with E-state index in [1.807, 2.05) is 39.1 Å². The second kappa shape index (κ2) is 13.6. The van der Waals surface area contributed by atoms with Gasteiger partial charge in [-0.25, -0.2) is 15.0 Å². The summed E-state index contributed by atoms with van der Waals surface area (Å²) < 4.78 is 3.89. The molecule has 7 heterocycles. The van der Waals surface area contributed by atoms with Gasteiger partial charge in [-0.2, -0.15) is 26.3 Å². The van der Waals surface area contributed by atoms with E-state index in [0.29, 0.717) is 77.9 Å². The predicted octanol–water partition coefficient (Wildman–Crippen LogP) is 7.23. The molecule has 14 heteroatoms. The highest BCUT2D eigenvalue weighted by Crippen LogP contribution is 2.42. The highest BCUT2D eigenvalue weighted by Gasteiger charge is 2.27. The lowest BCUT2D eigenvalue weighted by molar-refractivity contribution is 0.997. The zero-order valence-corrected chi connectivity index (χ0v) is 31.8. The van der Waals surface area contributed by atoms with E-state index in [2.05, 4.69) is 45.3 Å². The molecule has 282 valence electrons. The Balaban J connectivity index is 1.56. The molecular formula is C48H20N14. The molecule has 0 saturated carbocycles. The number of fused-ring (bicyclic) bond motifs is 7. The summed E-state index contributed by atoms with van der Waals surface area (Å²) in [4.78, 5) is 33.3. The zero-order chi connectivity index (χ0) is 42.1. The summed E-state index contributed by atoms with van der Waals surface area (Å²) in [6.07, 6.45) is 13.0. The van der Waals surface area contributed by atoms with Gasteiger partial charge in [0.1, 0.15) is 27.9 Å². The normalized spacial score (nSPS) is 11.1. The quantitative estimate of drug-likeness (QED) is 0.172. The van der Waals surface area contributed by atoms with Crippen LogP contribution in [-0.4, -0.2) is 43.7 Å². The second-order valence-electron chi connectivity index (χ2n) is 14.3. The Morgan fingerprint density at radius 3 is 1.69 bits per heavy atom. The first-order chi connectivity index (χ1) is 30.5. The Morgan fingerprint density at radius 1 is 0.484 bits per heavy atom. The molecule has 0 unspecified atom stereocenters. The maximum atomic E-state index is 10.6. The molecule has 0 aliphatic heterocycles. The van der Waals surface area contributed by atoms with E-state index in [4.69, 9.17) is 19.9 Å². The van der Waals surface area contributed by atoms with E-state index in [9.17, 15) is 26.3 Å². The minimum atomic E-state index is 0.202. The van der Waals surface area contributed by atoms with E-state index in [-0.39, 0.29) is 22.3 Å². The van der Waals surface area contributed by atoms with Crippen LogP contribution in [0.15, 0.2) is 122 Å². The Morgan fingerprint density at radius 2 is 1.08 bits per heavy atom. The molecule has 0 spiro atoms. The minimum absolute atomic E-state index is 0.202. The van der Waals surface area contributed by atoms with Crippen molar-refractivity contribution in [2.45, 2.75) is 0 Å². The Kier molecular flexibility index (Phi) is 7.72. The van der Waals surface area contributed by atoms with Crippen LogP contribution in [0.3, 0.4) is 0 Å². The molecule has 0 N–H and O–H groups in total. The van der Waals surface area contributed by atoms with Gasteiger partial charge in [0.15, 0.2) is 11.3 Å². The molecule has 0 aliphatic rings. The van der Waals surface area contributed by atoms with Crippen LogP contribution in [0.4, 0.5) is 0 Å². The Labute approximate surface area is 349 Å². The molecular weight excluding hydrogens is 773 g/mol. The minimum Gasteiger partial charge on any atom is -0.276 e. The molecule has 4 aromatic carbocycles. The number of benzene rings is 4. The average Bonchev–Trinajstić information content (AvgIpc) is 3.82. The first kappa shape index (κ1) is 35.2. The van der Waals surface area contributed by atoms with Crippen LogP contribution >= 0.6 is 0 Å². The van der Waals surface area contributed by atoms with Crippen LogP contribution < -0.4 is 5.48 Å². The topological polar surface area (TPSA) is 218 Å². The number of hydrogen-bond donors (Lipinski definition) is 0. The monoisotopic (exact) mass is 792 g/mol. The fourth-order valence-electron chi connectivity index (χ4n) is 8.54. The van der Waals surface area contributed by atoms with Gasteiger partial charge in [-0.05, 0) is 76.9 Å². The van der Waals surface area contributed by atoms with E-state index >= 15 is 0 Å². The van der Waals surface area contributed by atoms with Crippen molar-refractivity contribution in [3.63, 3.8) is 0 Å². The maximum absolute atomic E-state index is 10.6. The molecule has 11 aromatic rings. The molecule has 0 atom stereocenters. The van der Waals surface area contributed by atoms with Crippen LogP contribution in [0.2, 0.25) is 0 Å². The second-order valence-corrected chi connectivity index (χ2v) is 14.3. The number of pyridine rings is 1. The molecule has 7 aromatic heterocycles. The first-order valence-corrected chi connectivity index (χ1v) is 18.9. The molecule has 0 fully saturated rings. The van der Waals surface area contributed by atoms with Gasteiger partial charge in [-0.3, -0.25) is 28.7 Å². The summed E-state index contributed by atoms with van der Waals surface area (Å²) in [5.74, 6) is 0. The maximum Gasteiger partial charge on any atom is 0.165 e. The Bertz CT molecular complexity index is 3900. The van der Waals surface area contributed by atoms with E-state index in [1.54, 1.807) is 79.9 Å². The highest BCUT2D eigenvalue weighted by atomic mass is 15.1. The van der Waals surface area contributed by atoms with Crippen LogP contribution in [-0.2, 0) is 0 Å². The van der Waals surface area contributed by atoms with Crippen LogP contribution in [0.1, 0.15) is 38.9 Å². The summed E-state index contributed by atoms with van der Waals surface area (Å²) in [5, 5.41) is 54.8. The molecule has 62 heavy (non-hydrogen) atoms. The molecule has 0 bridgehead atoms. The number of aromatic nitrogens is 9. The largest absolute Gasteiger partial charge is 0.276 e. The van der Waals surface area contributed by atoms with Crippen LogP contribution in [0.5, 0.6) is 0 Å². The third kappa shape index (κ3) is 5.08. The van der Waals surface area contributed by atoms with Gasteiger partial charge in [-0.1, -0.05) is 18.2 Å². The van der Waals surface area contributed by atoms with Gasteiger partial charge < -0.3 is 0 Å². The molecule has 0 radical (unpaired) electrons. The van der Waals surface area contributed by atoms with Crippen molar-refractivity contribution in [3.05, 3.63) is 167 Å². The fraction of sp³-hybridized carbons (Fsp3) is 0. The highest BCUT2D eigenvalue weighted by molar-refractivity contribution is 6.26. The number of hydrogen-bond acceptors (Lipinski definition) is 12. The fourth-order valence-corrected chi connectivity index (χ4v) is 8.54. The first-order valence-electron chi connectivity index (χ1n) is 18.9. The molecule has 14 nitrogen and oxygen atoms in total. The van der Waals surface area contributed by atoms with E-state index < -0.39 is 0 Å². The third-order valence-corrected chi connectivity index (χ3v) is 11.0. The van der Waals surface area contributed by atoms with Crippen molar-refractivity contribution < 1.29 is 0 Å². The lowest BCUT2D eigenvalue weighted by atomic mass is 9.93. The van der Waals surface area contributed by atoms with Crippen molar-refractivity contribution in [3.8, 4) is 52.9 Å². The Hall–Kier alpha value is -9.94. The predicted molar refractivity (Wildman–Crippen MR) is 227 cm³/mol. The van der Waals surface area contributed by atoms with Crippen molar-refractivity contribution >= 4 is 60.5 Å². The van der Waals surface area contributed by atoms with Crippen molar-refractivity contribution in [1.82, 2.24) is 43.7 Å². The average molecular weight is 793 g/mol. The van der Waals surface area contributed by atoms with Gasteiger partial charge in [0.25, 0.3) is 0 Å². The van der Waals surface area contributed by atoms with Crippen molar-refractivity contribution in [2.24, 2.45) is 0 Å². The molecule has 11 rings (SSSR count). The smallest absolute Gasteiger partial charge is 0.165 e. The van der Waals surface area contributed by atoms with E-state index in [0.717, 1.165) is 27.3 Å². The molecule has 0 amide bonds. The molecule has 0 saturated heterocycles. The van der Waals surface area contributed by atoms with Gasteiger partial charge >= 0.3 is 0 Å². The van der Waals surface area contributed by atoms with Crippen LogP contribution in [0, 0.1) is 56.7 Å². The van der Waals surface area contributed by atoms with Crippen molar-refractivity contribution in [2.75, 3.05) is 0 Å². The van der Waals surface area contributed by atoms with E-state index in [1.165, 1.54) is 12.1 Å². The summed E-state index contributed by atoms with van der Waals surface area (Å²) >= 11 is 0. The summed E-state index contributed by atoms with van der Waals surface area (Å²) in [6.45, 7) is 0. The van der Waals surface area contributed by atoms with Gasteiger partial charge in [0.2, 0.25) is 0 Å². The SMILES string of the molecule is N#Cc1cc(C#N)cc(C(c2cc(C#N)cc(C#N)c2)=c2n3c4nccnc4c4c(C#N)ccc(c5ccc(-c6ccncc6)c6c7nc(-c8cnccn8)cnc7n2c56)c43)c1. The number of rotatable bonds is 4. The zero-order valence-electron chi connectivity index (χ0n) is 31.8. The summed E-state index contributed by atoms with van der Waals surface area (Å²) in [7, 11) is 0. The van der Waals surface area contributed by atoms with Crippen molar-refractivity contribution in [1.29, 1.82) is 26.3 Å². The number of nitriles is 5. The number of nitrogens with zero attached hydrogens (tertiary/aromatic N) is 14. The third-order valence-electron chi connectivity index (χ3n) is 11.0. The van der Waals surface area contributed by atoms with Gasteiger partial charge in [0, 0.05) is 64.3 Å². The lowest BCUT2D eigenvalue weighted by Gasteiger charge is -2.13. The lowest BCUT2D eigenvalue weighted by Crippen LogP contribution is -2.25. The molecule has 0 aliphatic carbocycles. The summed E-state index contributed by atoms with van der Waals surface area (Å²) in [6, 6.07) is 32.4. The summed E-state index contributed by atoms with van der Waals surface area (Å²) in [5.41, 5.74) is 8.49.